The van der Waals surface area contributed by atoms with Gasteiger partial charge in [0.2, 0.25) is 5.91 Å². The first kappa shape index (κ1) is 15.0. The molecule has 1 amide bonds. The number of aliphatic hydroxyl groups excluding tert-OH is 1. The van der Waals surface area contributed by atoms with E-state index >= 15 is 0 Å². The van der Waals surface area contributed by atoms with Gasteiger partial charge in [0.15, 0.2) is 0 Å². The van der Waals surface area contributed by atoms with Gasteiger partial charge in [-0.15, -0.1) is 0 Å². The van der Waals surface area contributed by atoms with Crippen molar-refractivity contribution in [1.29, 1.82) is 0 Å². The molecule has 0 fully saturated rings. The first-order valence-electron chi connectivity index (χ1n) is 7.24. The topological polar surface area (TPSA) is 58.6 Å². The Hall–Kier alpha value is -1.39. The molecule has 0 spiro atoms. The first-order valence-corrected chi connectivity index (χ1v) is 7.24. The normalized spacial score (nSPS) is 19.2. The molecule has 1 aromatic rings. The van der Waals surface area contributed by atoms with Gasteiger partial charge in [0.1, 0.15) is 0 Å². The Bertz CT molecular complexity index is 441. The van der Waals surface area contributed by atoms with Gasteiger partial charge >= 0.3 is 0 Å². The summed E-state index contributed by atoms with van der Waals surface area (Å²) in [5.74, 6) is -0.0225. The van der Waals surface area contributed by atoms with E-state index in [0.717, 1.165) is 24.8 Å². The van der Waals surface area contributed by atoms with Crippen LogP contribution < -0.4 is 5.32 Å². The molecule has 1 aliphatic carbocycles. The largest absolute Gasteiger partial charge is 0.396 e. The second-order valence-electron chi connectivity index (χ2n) is 5.32. The Kier molecular flexibility index (Phi) is 5.56. The summed E-state index contributed by atoms with van der Waals surface area (Å²) >= 11 is 0. The molecule has 4 nitrogen and oxygen atoms in total. The highest BCUT2D eigenvalue weighted by Crippen LogP contribution is 2.31. The molecule has 20 heavy (non-hydrogen) atoms. The van der Waals surface area contributed by atoms with Crippen molar-refractivity contribution < 1.29 is 14.6 Å². The van der Waals surface area contributed by atoms with Crippen LogP contribution in [-0.4, -0.2) is 37.4 Å². The third-order valence-corrected chi connectivity index (χ3v) is 3.88. The number of aryl methyl sites for hydroxylation is 1. The number of hydrogen-bond donors (Lipinski definition) is 2. The molecule has 2 rings (SSSR count). The molecule has 0 saturated heterocycles. The van der Waals surface area contributed by atoms with Crippen molar-refractivity contribution in [3.05, 3.63) is 35.4 Å². The second kappa shape index (κ2) is 7.41. The van der Waals surface area contributed by atoms with Gasteiger partial charge in [-0.1, -0.05) is 24.3 Å². The predicted octanol–water partition coefficient (Wildman–Crippen LogP) is 1.62. The highest BCUT2D eigenvalue weighted by atomic mass is 16.5. The average Bonchev–Trinajstić information content (AvgIpc) is 2.47. The summed E-state index contributed by atoms with van der Waals surface area (Å²) in [6.07, 6.45) is 3.51. The van der Waals surface area contributed by atoms with Crippen LogP contribution in [0.4, 0.5) is 0 Å². The molecule has 0 aliphatic heterocycles. The Balaban J connectivity index is 2.06. The lowest BCUT2D eigenvalue weighted by molar-refractivity contribution is -0.124. The molecule has 1 aromatic carbocycles. The lowest BCUT2D eigenvalue weighted by Crippen LogP contribution is -2.42. The molecular weight excluding hydrogens is 254 g/mol. The number of aliphatic hydroxyl groups is 1. The number of carbonyl (C=O) groups is 1. The zero-order chi connectivity index (χ0) is 14.4. The number of fused-ring (bicyclic) bond motifs is 1. The van der Waals surface area contributed by atoms with E-state index in [2.05, 4.69) is 17.4 Å². The molecular formula is C16H23NO3. The fourth-order valence-corrected chi connectivity index (χ4v) is 2.88. The molecule has 0 radical (unpaired) electrons. The van der Waals surface area contributed by atoms with Gasteiger partial charge in [0, 0.05) is 13.7 Å². The van der Waals surface area contributed by atoms with Crippen LogP contribution in [0.25, 0.3) is 0 Å². The van der Waals surface area contributed by atoms with Crippen molar-refractivity contribution in [3.63, 3.8) is 0 Å². The molecule has 0 heterocycles. The summed E-state index contributed by atoms with van der Waals surface area (Å²) in [7, 11) is 1.60. The van der Waals surface area contributed by atoms with Crippen molar-refractivity contribution in [2.45, 2.75) is 37.6 Å². The second-order valence-corrected chi connectivity index (χ2v) is 5.32. The Labute approximate surface area is 120 Å². The van der Waals surface area contributed by atoms with Crippen LogP contribution in [-0.2, 0) is 16.0 Å². The zero-order valence-corrected chi connectivity index (χ0v) is 12.0. The highest BCUT2D eigenvalue weighted by Gasteiger charge is 2.27. The fourth-order valence-electron chi connectivity index (χ4n) is 2.88. The van der Waals surface area contributed by atoms with E-state index < -0.39 is 0 Å². The van der Waals surface area contributed by atoms with Crippen molar-refractivity contribution in [2.24, 2.45) is 0 Å². The van der Waals surface area contributed by atoms with E-state index in [0.29, 0.717) is 13.0 Å². The minimum Gasteiger partial charge on any atom is -0.396 e. The molecule has 4 heteroatoms. The number of ether oxygens (including phenoxy) is 1. The van der Waals surface area contributed by atoms with Crippen LogP contribution in [0, 0.1) is 0 Å². The molecule has 2 unspecified atom stereocenters. The molecule has 110 valence electrons. The average molecular weight is 277 g/mol. The van der Waals surface area contributed by atoms with E-state index in [-0.39, 0.29) is 24.5 Å². The summed E-state index contributed by atoms with van der Waals surface area (Å²) in [5.41, 5.74) is 2.43. The molecule has 0 saturated carbocycles. The molecule has 2 N–H and O–H groups in total. The number of rotatable bonds is 6. The number of nitrogens with one attached hydrogen (secondary N) is 1. The SMILES string of the molecule is COCC(CCO)NC(=O)C1CCCc2ccccc21. The first-order chi connectivity index (χ1) is 9.76. The van der Waals surface area contributed by atoms with Gasteiger partial charge in [-0.2, -0.15) is 0 Å². The number of benzene rings is 1. The number of hydrogen-bond acceptors (Lipinski definition) is 3. The van der Waals surface area contributed by atoms with Crippen molar-refractivity contribution >= 4 is 5.91 Å². The van der Waals surface area contributed by atoms with Crippen molar-refractivity contribution in [1.82, 2.24) is 5.32 Å². The number of carbonyl (C=O) groups excluding carboxylic acids is 1. The molecule has 1 aliphatic rings. The van der Waals surface area contributed by atoms with E-state index in [4.69, 9.17) is 9.84 Å². The monoisotopic (exact) mass is 277 g/mol. The Morgan fingerprint density at radius 2 is 2.30 bits per heavy atom. The third-order valence-electron chi connectivity index (χ3n) is 3.88. The van der Waals surface area contributed by atoms with Crippen LogP contribution in [0.1, 0.15) is 36.3 Å². The van der Waals surface area contributed by atoms with E-state index in [1.165, 1.54) is 5.56 Å². The maximum Gasteiger partial charge on any atom is 0.227 e. The van der Waals surface area contributed by atoms with Crippen LogP contribution in [0.2, 0.25) is 0 Å². The van der Waals surface area contributed by atoms with E-state index in [1.54, 1.807) is 7.11 Å². The van der Waals surface area contributed by atoms with Gasteiger partial charge in [-0.05, 0) is 36.8 Å². The maximum absolute atomic E-state index is 12.5. The summed E-state index contributed by atoms with van der Waals surface area (Å²) < 4.78 is 5.09. The zero-order valence-electron chi connectivity index (χ0n) is 12.0. The van der Waals surface area contributed by atoms with E-state index in [1.807, 2.05) is 12.1 Å². The van der Waals surface area contributed by atoms with Crippen LogP contribution in [0.15, 0.2) is 24.3 Å². The smallest absolute Gasteiger partial charge is 0.227 e. The van der Waals surface area contributed by atoms with Crippen molar-refractivity contribution in [3.8, 4) is 0 Å². The summed E-state index contributed by atoms with van der Waals surface area (Å²) in [6.45, 7) is 0.482. The Morgan fingerprint density at radius 1 is 1.50 bits per heavy atom. The predicted molar refractivity (Wildman–Crippen MR) is 77.6 cm³/mol. The molecule has 0 aromatic heterocycles. The van der Waals surface area contributed by atoms with Crippen LogP contribution >= 0.6 is 0 Å². The van der Waals surface area contributed by atoms with E-state index in [9.17, 15) is 4.79 Å². The lowest BCUT2D eigenvalue weighted by Gasteiger charge is -2.27. The summed E-state index contributed by atoms with van der Waals surface area (Å²) in [6, 6.07) is 8.06. The maximum atomic E-state index is 12.5. The highest BCUT2D eigenvalue weighted by molar-refractivity contribution is 5.84. The molecule has 2 atom stereocenters. The summed E-state index contributed by atoms with van der Waals surface area (Å²) in [4.78, 5) is 12.5. The minimum atomic E-state index is -0.119. The van der Waals surface area contributed by atoms with Crippen molar-refractivity contribution in [2.75, 3.05) is 20.3 Å². The Morgan fingerprint density at radius 3 is 3.05 bits per heavy atom. The number of amides is 1. The standard InChI is InChI=1S/C16H23NO3/c1-20-11-13(9-10-18)17-16(19)15-8-4-6-12-5-2-3-7-14(12)15/h2-3,5,7,13,15,18H,4,6,8-11H2,1H3,(H,17,19). The van der Waals surface area contributed by atoms with Gasteiger partial charge in [0.25, 0.3) is 0 Å². The lowest BCUT2D eigenvalue weighted by atomic mass is 9.82. The van der Waals surface area contributed by atoms with Gasteiger partial charge < -0.3 is 15.2 Å². The summed E-state index contributed by atoms with van der Waals surface area (Å²) in [5, 5.41) is 12.0. The van der Waals surface area contributed by atoms with Crippen LogP contribution in [0.5, 0.6) is 0 Å². The third kappa shape index (κ3) is 3.58. The van der Waals surface area contributed by atoms with Gasteiger partial charge in [0.05, 0.1) is 18.6 Å². The quantitative estimate of drug-likeness (QED) is 0.830. The van der Waals surface area contributed by atoms with Gasteiger partial charge in [-0.25, -0.2) is 0 Å². The minimum absolute atomic E-state index is 0.0488. The fraction of sp³-hybridized carbons (Fsp3) is 0.562. The molecule has 0 bridgehead atoms. The number of methoxy groups -OCH3 is 1. The van der Waals surface area contributed by atoms with Gasteiger partial charge in [-0.3, -0.25) is 4.79 Å². The van der Waals surface area contributed by atoms with Crippen LogP contribution in [0.3, 0.4) is 0 Å².